The van der Waals surface area contributed by atoms with Gasteiger partial charge in [-0.15, -0.1) is 0 Å². The van der Waals surface area contributed by atoms with Crippen molar-refractivity contribution in [2.45, 2.75) is 38.7 Å². The number of halogens is 6. The average Bonchev–Trinajstić information content (AvgIpc) is 2.70. The zero-order valence-corrected chi connectivity index (χ0v) is 16.7. The molecule has 0 spiro atoms. The molecule has 166 valence electrons. The van der Waals surface area contributed by atoms with Crippen LogP contribution in [0.3, 0.4) is 0 Å². The van der Waals surface area contributed by atoms with Gasteiger partial charge < -0.3 is 9.47 Å². The van der Waals surface area contributed by atoms with Gasteiger partial charge in [0.2, 0.25) is 0 Å². The summed E-state index contributed by atoms with van der Waals surface area (Å²) in [5.41, 5.74) is -2.06. The highest BCUT2D eigenvalue weighted by molar-refractivity contribution is 5.60. The fraction of sp³-hybridized carbons (Fsp3) is 0.318. The van der Waals surface area contributed by atoms with Crippen molar-refractivity contribution >= 4 is 6.08 Å². The molecule has 2 aromatic rings. The Hall–Kier alpha value is -3.15. The van der Waals surface area contributed by atoms with Crippen molar-refractivity contribution in [3.63, 3.8) is 0 Å². The molecule has 0 saturated heterocycles. The average molecular weight is 443 g/mol. The standard InChI is InChI=1S/C22H19F6NO2/c1-3-4-15(12-29)9-14-5-8-19(20(10-14)30-2)31-13-16-6-7-17(21(23,24)25)11-18(16)22(26,27)28/h5-11H,3-4,13H2,1-2H3/b15-9-. The predicted octanol–water partition coefficient (Wildman–Crippen LogP) is 7.02. The van der Waals surface area contributed by atoms with Crippen LogP contribution in [0.5, 0.6) is 11.5 Å². The van der Waals surface area contributed by atoms with Gasteiger partial charge in [0.25, 0.3) is 0 Å². The molecule has 0 heterocycles. The fourth-order valence-electron chi connectivity index (χ4n) is 2.82. The van der Waals surface area contributed by atoms with Crippen molar-refractivity contribution in [1.82, 2.24) is 0 Å². The lowest BCUT2D eigenvalue weighted by atomic mass is 10.0. The van der Waals surface area contributed by atoms with Crippen LogP contribution < -0.4 is 9.47 Å². The number of methoxy groups -OCH3 is 1. The second kappa shape index (κ2) is 9.77. The van der Waals surface area contributed by atoms with E-state index in [1.165, 1.54) is 13.2 Å². The summed E-state index contributed by atoms with van der Waals surface area (Å²) in [4.78, 5) is 0. The zero-order valence-electron chi connectivity index (χ0n) is 16.7. The van der Waals surface area contributed by atoms with Crippen LogP contribution in [-0.4, -0.2) is 7.11 Å². The van der Waals surface area contributed by atoms with Gasteiger partial charge >= 0.3 is 12.4 Å². The maximum absolute atomic E-state index is 13.3. The van der Waals surface area contributed by atoms with Crippen LogP contribution >= 0.6 is 0 Å². The quantitative estimate of drug-likeness (QED) is 0.341. The van der Waals surface area contributed by atoms with E-state index < -0.39 is 35.6 Å². The van der Waals surface area contributed by atoms with E-state index in [9.17, 15) is 26.3 Å². The lowest BCUT2D eigenvalue weighted by Gasteiger charge is -2.17. The van der Waals surface area contributed by atoms with Crippen LogP contribution in [0.2, 0.25) is 0 Å². The molecule has 2 aromatic carbocycles. The largest absolute Gasteiger partial charge is 0.493 e. The van der Waals surface area contributed by atoms with Crippen LogP contribution in [0.25, 0.3) is 6.08 Å². The normalized spacial score (nSPS) is 12.4. The summed E-state index contributed by atoms with van der Waals surface area (Å²) >= 11 is 0. The number of nitriles is 1. The number of alkyl halides is 6. The number of benzene rings is 2. The van der Waals surface area contributed by atoms with Gasteiger partial charge in [-0.25, -0.2) is 0 Å². The molecule has 0 amide bonds. The molecule has 0 atom stereocenters. The van der Waals surface area contributed by atoms with Gasteiger partial charge in [-0.05, 0) is 42.3 Å². The predicted molar refractivity (Wildman–Crippen MR) is 102 cm³/mol. The van der Waals surface area contributed by atoms with Crippen LogP contribution in [0.1, 0.15) is 42.0 Å². The fourth-order valence-corrected chi connectivity index (χ4v) is 2.82. The minimum atomic E-state index is -4.98. The monoisotopic (exact) mass is 443 g/mol. The van der Waals surface area contributed by atoms with Crippen molar-refractivity contribution in [3.05, 3.63) is 64.2 Å². The highest BCUT2D eigenvalue weighted by atomic mass is 19.4. The number of allylic oxidation sites excluding steroid dienone is 1. The minimum Gasteiger partial charge on any atom is -0.493 e. The highest BCUT2D eigenvalue weighted by Gasteiger charge is 2.38. The van der Waals surface area contributed by atoms with Crippen LogP contribution in [-0.2, 0) is 19.0 Å². The highest BCUT2D eigenvalue weighted by Crippen LogP contribution is 2.38. The van der Waals surface area contributed by atoms with Crippen LogP contribution in [0.4, 0.5) is 26.3 Å². The molecule has 0 radical (unpaired) electrons. The summed E-state index contributed by atoms with van der Waals surface area (Å²) in [6.07, 6.45) is -6.84. The molecule has 0 N–H and O–H groups in total. The van der Waals surface area contributed by atoms with Crippen molar-refractivity contribution < 1.29 is 35.8 Å². The summed E-state index contributed by atoms with van der Waals surface area (Å²) in [7, 11) is 1.34. The van der Waals surface area contributed by atoms with Gasteiger partial charge in [-0.3, -0.25) is 0 Å². The molecule has 9 heteroatoms. The maximum atomic E-state index is 13.3. The maximum Gasteiger partial charge on any atom is 0.416 e. The number of hydrogen-bond donors (Lipinski definition) is 0. The van der Waals surface area contributed by atoms with E-state index in [0.29, 0.717) is 23.6 Å². The molecular weight excluding hydrogens is 424 g/mol. The van der Waals surface area contributed by atoms with Crippen molar-refractivity contribution in [3.8, 4) is 17.6 Å². The third-order valence-electron chi connectivity index (χ3n) is 4.32. The van der Waals surface area contributed by atoms with Crippen molar-refractivity contribution in [2.24, 2.45) is 0 Å². The van der Waals surface area contributed by atoms with Crippen molar-refractivity contribution in [1.29, 1.82) is 5.26 Å². The topological polar surface area (TPSA) is 42.2 Å². The first kappa shape index (κ1) is 24.1. The van der Waals surface area contributed by atoms with Gasteiger partial charge in [0.15, 0.2) is 11.5 Å². The molecule has 0 aliphatic rings. The van der Waals surface area contributed by atoms with Gasteiger partial charge in [-0.1, -0.05) is 25.5 Å². The number of rotatable bonds is 7. The Morgan fingerprint density at radius 3 is 2.26 bits per heavy atom. The van der Waals surface area contributed by atoms with Gasteiger partial charge in [-0.2, -0.15) is 31.6 Å². The summed E-state index contributed by atoms with van der Waals surface area (Å²) in [6.45, 7) is 1.32. The Bertz CT molecular complexity index is 987. The minimum absolute atomic E-state index is 0.0704. The van der Waals surface area contributed by atoms with E-state index in [1.54, 1.807) is 18.2 Å². The van der Waals surface area contributed by atoms with Crippen molar-refractivity contribution in [2.75, 3.05) is 7.11 Å². The lowest BCUT2D eigenvalue weighted by Crippen LogP contribution is -2.14. The van der Waals surface area contributed by atoms with E-state index in [0.717, 1.165) is 12.5 Å². The molecular formula is C22H19F6NO2. The van der Waals surface area contributed by atoms with E-state index in [4.69, 9.17) is 14.7 Å². The SMILES string of the molecule is CCC/C(C#N)=C/c1ccc(OCc2ccc(C(F)(F)F)cc2C(F)(F)F)c(OC)c1. The van der Waals surface area contributed by atoms with Gasteiger partial charge in [0.05, 0.1) is 24.3 Å². The Morgan fingerprint density at radius 1 is 1.00 bits per heavy atom. The second-order valence-corrected chi connectivity index (χ2v) is 6.60. The number of nitrogens with zero attached hydrogens (tertiary/aromatic N) is 1. The van der Waals surface area contributed by atoms with Gasteiger partial charge in [0.1, 0.15) is 6.61 Å². The molecule has 0 aromatic heterocycles. The Labute approximate surface area is 175 Å². The van der Waals surface area contributed by atoms with Gasteiger partial charge in [0, 0.05) is 11.1 Å². The third kappa shape index (κ3) is 6.41. The number of hydrogen-bond acceptors (Lipinski definition) is 3. The summed E-state index contributed by atoms with van der Waals surface area (Å²) < 4.78 is 88.9. The first-order valence-corrected chi connectivity index (χ1v) is 9.18. The Kier molecular flexibility index (Phi) is 7.60. The van der Waals surface area contributed by atoms with E-state index >= 15 is 0 Å². The van der Waals surface area contributed by atoms with Crippen LogP contribution in [0, 0.1) is 11.3 Å². The second-order valence-electron chi connectivity index (χ2n) is 6.60. The van der Waals surface area contributed by atoms with E-state index in [1.807, 2.05) is 6.92 Å². The Balaban J connectivity index is 2.31. The van der Waals surface area contributed by atoms with E-state index in [-0.39, 0.29) is 17.6 Å². The smallest absolute Gasteiger partial charge is 0.416 e. The third-order valence-corrected chi connectivity index (χ3v) is 4.32. The molecule has 0 bridgehead atoms. The molecule has 0 fully saturated rings. The molecule has 0 aliphatic heterocycles. The first-order chi connectivity index (χ1) is 14.5. The van der Waals surface area contributed by atoms with Crippen LogP contribution in [0.15, 0.2) is 42.0 Å². The molecule has 2 rings (SSSR count). The molecule has 3 nitrogen and oxygen atoms in total. The summed E-state index contributed by atoms with van der Waals surface area (Å²) in [6, 6.07) is 8.10. The lowest BCUT2D eigenvalue weighted by molar-refractivity contribution is -0.143. The molecule has 0 unspecified atom stereocenters. The first-order valence-electron chi connectivity index (χ1n) is 9.18. The van der Waals surface area contributed by atoms with E-state index in [2.05, 4.69) is 6.07 Å². The number of ether oxygens (including phenoxy) is 2. The zero-order chi connectivity index (χ0) is 23.2. The molecule has 0 saturated carbocycles. The molecule has 31 heavy (non-hydrogen) atoms. The Morgan fingerprint density at radius 2 is 1.71 bits per heavy atom. The summed E-state index contributed by atoms with van der Waals surface area (Å²) in [5.74, 6) is 0.324. The molecule has 0 aliphatic carbocycles. The summed E-state index contributed by atoms with van der Waals surface area (Å²) in [5, 5.41) is 9.13.